The summed E-state index contributed by atoms with van der Waals surface area (Å²) in [5.74, 6) is 0. The average Bonchev–Trinajstić information content (AvgIpc) is 3.14. The summed E-state index contributed by atoms with van der Waals surface area (Å²) >= 11 is 1.77. The van der Waals surface area contributed by atoms with Crippen LogP contribution in [0, 0.1) is 13.8 Å². The van der Waals surface area contributed by atoms with Crippen molar-refractivity contribution in [3.8, 4) is 10.6 Å². The van der Waals surface area contributed by atoms with E-state index in [2.05, 4.69) is 68.6 Å². The van der Waals surface area contributed by atoms with Gasteiger partial charge in [0.2, 0.25) is 0 Å². The van der Waals surface area contributed by atoms with Crippen molar-refractivity contribution in [1.82, 2.24) is 20.1 Å². The first kappa shape index (κ1) is 16.9. The van der Waals surface area contributed by atoms with Crippen LogP contribution in [-0.4, -0.2) is 14.8 Å². The van der Waals surface area contributed by atoms with E-state index >= 15 is 0 Å². The molecule has 0 bridgehead atoms. The maximum Gasteiger partial charge on any atom is 0.123 e. The van der Waals surface area contributed by atoms with E-state index in [1.807, 2.05) is 17.9 Å². The van der Waals surface area contributed by atoms with Crippen LogP contribution in [0.25, 0.3) is 10.6 Å². The van der Waals surface area contributed by atoms with Gasteiger partial charge in [-0.25, -0.2) is 4.98 Å². The molecule has 0 saturated heterocycles. The van der Waals surface area contributed by atoms with E-state index < -0.39 is 0 Å². The van der Waals surface area contributed by atoms with E-state index in [9.17, 15) is 0 Å². The fourth-order valence-corrected chi connectivity index (χ4v) is 3.92. The van der Waals surface area contributed by atoms with Gasteiger partial charge in [-0.05, 0) is 27.7 Å². The maximum atomic E-state index is 4.78. The Balaban J connectivity index is 1.77. The lowest BCUT2D eigenvalue weighted by atomic mass is 10.1. The Bertz CT molecular complexity index is 816. The van der Waals surface area contributed by atoms with Crippen molar-refractivity contribution >= 4 is 11.3 Å². The molecule has 0 unspecified atom stereocenters. The Labute approximate surface area is 147 Å². The van der Waals surface area contributed by atoms with Gasteiger partial charge in [0.15, 0.2) is 0 Å². The lowest BCUT2D eigenvalue weighted by Crippen LogP contribution is -2.22. The Morgan fingerprint density at radius 2 is 1.79 bits per heavy atom. The van der Waals surface area contributed by atoms with Crippen molar-refractivity contribution < 1.29 is 0 Å². The van der Waals surface area contributed by atoms with E-state index in [1.54, 1.807) is 11.3 Å². The molecule has 3 aromatic rings. The summed E-state index contributed by atoms with van der Waals surface area (Å²) in [6.07, 6.45) is 3.98. The fraction of sp³-hybridized carbons (Fsp3) is 0.368. The number of hydrogen-bond donors (Lipinski definition) is 1. The summed E-state index contributed by atoms with van der Waals surface area (Å²) in [7, 11) is 1.95. The van der Waals surface area contributed by atoms with E-state index in [1.165, 1.54) is 21.6 Å². The molecule has 0 aliphatic rings. The molecule has 2 atom stereocenters. The van der Waals surface area contributed by atoms with Crippen LogP contribution >= 0.6 is 11.3 Å². The molecule has 24 heavy (non-hydrogen) atoms. The van der Waals surface area contributed by atoms with Gasteiger partial charge in [0.1, 0.15) is 5.01 Å². The highest BCUT2D eigenvalue weighted by molar-refractivity contribution is 7.15. The molecular weight excluding hydrogens is 316 g/mol. The third kappa shape index (κ3) is 3.57. The molecule has 0 saturated carbocycles. The second kappa shape index (κ2) is 6.87. The largest absolute Gasteiger partial charge is 0.303 e. The molecule has 0 spiro atoms. The third-order valence-electron chi connectivity index (χ3n) is 4.25. The van der Waals surface area contributed by atoms with E-state index in [4.69, 9.17) is 4.98 Å². The molecule has 126 valence electrons. The van der Waals surface area contributed by atoms with Crippen LogP contribution in [0.3, 0.4) is 0 Å². The zero-order chi connectivity index (χ0) is 17.3. The van der Waals surface area contributed by atoms with Crippen LogP contribution in [0.15, 0.2) is 36.7 Å². The Hall–Kier alpha value is -1.98. The van der Waals surface area contributed by atoms with Crippen LogP contribution in [-0.2, 0) is 7.05 Å². The molecule has 0 amide bonds. The lowest BCUT2D eigenvalue weighted by molar-refractivity contribution is 0.498. The molecule has 0 aliphatic heterocycles. The standard InChI is InChI=1S/C19H24N4S/c1-12-6-8-16(9-7-12)19-22-15(4)18(24-19)14(3)21-13(2)17-10-20-23(5)11-17/h6-11,13-14,21H,1-5H3/t13-,14+/m1/s1. The molecule has 0 radical (unpaired) electrons. The summed E-state index contributed by atoms with van der Waals surface area (Å²) in [6, 6.07) is 9.06. The van der Waals surface area contributed by atoms with E-state index in [-0.39, 0.29) is 12.1 Å². The smallest absolute Gasteiger partial charge is 0.123 e. The van der Waals surface area contributed by atoms with Crippen LogP contribution in [0.2, 0.25) is 0 Å². The van der Waals surface area contributed by atoms with Crippen molar-refractivity contribution in [3.05, 3.63) is 58.4 Å². The minimum atomic E-state index is 0.247. The second-order valence-corrected chi connectivity index (χ2v) is 7.42. The van der Waals surface area contributed by atoms with Gasteiger partial charge < -0.3 is 5.32 Å². The molecule has 4 nitrogen and oxygen atoms in total. The van der Waals surface area contributed by atoms with E-state index in [0.717, 1.165) is 10.7 Å². The van der Waals surface area contributed by atoms with Crippen molar-refractivity contribution in [3.63, 3.8) is 0 Å². The van der Waals surface area contributed by atoms with Crippen molar-refractivity contribution in [2.45, 2.75) is 39.8 Å². The summed E-state index contributed by atoms with van der Waals surface area (Å²) in [4.78, 5) is 6.07. The number of aryl methyl sites for hydroxylation is 3. The number of hydrogen-bond acceptors (Lipinski definition) is 4. The van der Waals surface area contributed by atoms with Crippen LogP contribution in [0.5, 0.6) is 0 Å². The van der Waals surface area contributed by atoms with Crippen LogP contribution in [0.4, 0.5) is 0 Å². The first-order valence-electron chi connectivity index (χ1n) is 8.23. The SMILES string of the molecule is Cc1ccc(-c2nc(C)c([C@H](C)N[C@H](C)c3cnn(C)c3)s2)cc1. The van der Waals surface area contributed by atoms with Crippen LogP contribution < -0.4 is 5.32 Å². The minimum Gasteiger partial charge on any atom is -0.303 e. The number of nitrogens with one attached hydrogen (secondary N) is 1. The molecular formula is C19H24N4S. The number of nitrogens with zero attached hydrogens (tertiary/aromatic N) is 3. The zero-order valence-electron chi connectivity index (χ0n) is 14.9. The van der Waals surface area contributed by atoms with E-state index in [0.29, 0.717) is 0 Å². The van der Waals surface area contributed by atoms with Gasteiger partial charge in [-0.15, -0.1) is 11.3 Å². The summed E-state index contributed by atoms with van der Waals surface area (Å²) < 4.78 is 1.84. The number of thiazole rings is 1. The van der Waals surface area contributed by atoms with Crippen molar-refractivity contribution in [2.75, 3.05) is 0 Å². The molecule has 5 heteroatoms. The molecule has 1 N–H and O–H groups in total. The van der Waals surface area contributed by atoms with Gasteiger partial charge in [-0.3, -0.25) is 4.68 Å². The molecule has 0 fully saturated rings. The van der Waals surface area contributed by atoms with Gasteiger partial charge in [0.25, 0.3) is 0 Å². The average molecular weight is 340 g/mol. The summed E-state index contributed by atoms with van der Waals surface area (Å²) in [6.45, 7) is 8.57. The minimum absolute atomic E-state index is 0.247. The summed E-state index contributed by atoms with van der Waals surface area (Å²) in [5.41, 5.74) is 4.76. The van der Waals surface area contributed by atoms with Gasteiger partial charge in [0, 0.05) is 41.3 Å². The second-order valence-electron chi connectivity index (χ2n) is 6.39. The monoisotopic (exact) mass is 340 g/mol. The third-order valence-corrected chi connectivity index (χ3v) is 5.64. The Morgan fingerprint density at radius 1 is 1.08 bits per heavy atom. The predicted molar refractivity (Wildman–Crippen MR) is 100 cm³/mol. The quantitative estimate of drug-likeness (QED) is 0.740. The van der Waals surface area contributed by atoms with Gasteiger partial charge >= 0.3 is 0 Å². The number of aromatic nitrogens is 3. The number of benzene rings is 1. The van der Waals surface area contributed by atoms with Gasteiger partial charge in [-0.2, -0.15) is 5.10 Å². The predicted octanol–water partition coefficient (Wildman–Crippen LogP) is 4.57. The molecule has 2 heterocycles. The molecule has 0 aliphatic carbocycles. The first-order valence-corrected chi connectivity index (χ1v) is 9.04. The highest BCUT2D eigenvalue weighted by Gasteiger charge is 2.18. The molecule has 1 aromatic carbocycles. The number of rotatable bonds is 5. The first-order chi connectivity index (χ1) is 11.4. The summed E-state index contributed by atoms with van der Waals surface area (Å²) in [5, 5.41) is 9.00. The molecule has 3 rings (SSSR count). The molecule has 2 aromatic heterocycles. The van der Waals surface area contributed by atoms with Gasteiger partial charge in [-0.1, -0.05) is 29.8 Å². The van der Waals surface area contributed by atoms with Gasteiger partial charge in [0.05, 0.1) is 11.9 Å². The Kier molecular flexibility index (Phi) is 4.83. The van der Waals surface area contributed by atoms with Crippen molar-refractivity contribution in [1.29, 1.82) is 0 Å². The fourth-order valence-electron chi connectivity index (χ4n) is 2.84. The Morgan fingerprint density at radius 3 is 2.42 bits per heavy atom. The van der Waals surface area contributed by atoms with Crippen LogP contribution in [0.1, 0.15) is 47.6 Å². The normalized spacial score (nSPS) is 13.9. The topological polar surface area (TPSA) is 42.7 Å². The lowest BCUT2D eigenvalue weighted by Gasteiger charge is -2.18. The highest BCUT2D eigenvalue weighted by Crippen LogP contribution is 2.32. The zero-order valence-corrected chi connectivity index (χ0v) is 15.7. The maximum absolute atomic E-state index is 4.78. The highest BCUT2D eigenvalue weighted by atomic mass is 32.1. The van der Waals surface area contributed by atoms with Crippen molar-refractivity contribution in [2.24, 2.45) is 7.05 Å².